The third-order valence-electron chi connectivity index (χ3n) is 2.99. The SMILES string of the molecule is COc1ccc(C(C)(C)CO)c(NC(=O)OC(C)(C)C)c1. The van der Waals surface area contributed by atoms with Crippen LogP contribution in [-0.2, 0) is 10.2 Å². The van der Waals surface area contributed by atoms with E-state index in [-0.39, 0.29) is 6.61 Å². The molecule has 0 radical (unpaired) electrons. The lowest BCUT2D eigenvalue weighted by molar-refractivity contribution is 0.0635. The minimum atomic E-state index is -0.574. The first-order chi connectivity index (χ1) is 9.59. The maximum absolute atomic E-state index is 12.0. The van der Waals surface area contributed by atoms with Crippen molar-refractivity contribution in [2.45, 2.75) is 45.6 Å². The Labute approximate surface area is 126 Å². The number of aliphatic hydroxyl groups is 1. The lowest BCUT2D eigenvalue weighted by Gasteiger charge is -2.27. The number of ether oxygens (including phenoxy) is 2. The van der Waals surface area contributed by atoms with Crippen LogP contribution in [0.15, 0.2) is 18.2 Å². The van der Waals surface area contributed by atoms with Gasteiger partial charge in [0.05, 0.1) is 19.4 Å². The van der Waals surface area contributed by atoms with Crippen molar-refractivity contribution >= 4 is 11.8 Å². The van der Waals surface area contributed by atoms with Crippen molar-refractivity contribution < 1.29 is 19.4 Å². The number of anilines is 1. The highest BCUT2D eigenvalue weighted by atomic mass is 16.6. The fourth-order valence-corrected chi connectivity index (χ4v) is 1.84. The van der Waals surface area contributed by atoms with Crippen LogP contribution in [0.2, 0.25) is 0 Å². The molecule has 1 amide bonds. The van der Waals surface area contributed by atoms with E-state index in [1.54, 1.807) is 40.0 Å². The molecule has 2 N–H and O–H groups in total. The maximum atomic E-state index is 12.0. The lowest BCUT2D eigenvalue weighted by atomic mass is 9.84. The summed E-state index contributed by atoms with van der Waals surface area (Å²) in [6.45, 7) is 9.16. The zero-order valence-corrected chi connectivity index (χ0v) is 13.6. The Morgan fingerprint density at radius 2 is 1.86 bits per heavy atom. The highest BCUT2D eigenvalue weighted by Gasteiger charge is 2.25. The topological polar surface area (TPSA) is 67.8 Å². The lowest BCUT2D eigenvalue weighted by Crippen LogP contribution is -2.29. The molecule has 0 aromatic heterocycles. The first-order valence-electron chi connectivity index (χ1n) is 6.88. The summed E-state index contributed by atoms with van der Waals surface area (Å²) in [6, 6.07) is 5.35. The third kappa shape index (κ3) is 4.93. The summed E-state index contributed by atoms with van der Waals surface area (Å²) >= 11 is 0. The van der Waals surface area contributed by atoms with Crippen LogP contribution in [0.1, 0.15) is 40.2 Å². The molecule has 1 rings (SSSR count). The van der Waals surface area contributed by atoms with Crippen molar-refractivity contribution in [2.75, 3.05) is 19.0 Å². The van der Waals surface area contributed by atoms with Crippen LogP contribution in [0.5, 0.6) is 5.75 Å². The molecular formula is C16H25NO4. The number of rotatable bonds is 4. The average molecular weight is 295 g/mol. The highest BCUT2D eigenvalue weighted by molar-refractivity contribution is 5.86. The number of nitrogens with one attached hydrogen (secondary N) is 1. The predicted molar refractivity (Wildman–Crippen MR) is 83.0 cm³/mol. The molecule has 0 saturated heterocycles. The molecule has 0 aliphatic carbocycles. The largest absolute Gasteiger partial charge is 0.497 e. The van der Waals surface area contributed by atoms with Gasteiger partial charge in [-0.15, -0.1) is 0 Å². The van der Waals surface area contributed by atoms with Crippen LogP contribution in [0.25, 0.3) is 0 Å². The van der Waals surface area contributed by atoms with E-state index in [2.05, 4.69) is 5.32 Å². The molecular weight excluding hydrogens is 270 g/mol. The molecule has 1 aromatic carbocycles. The van der Waals surface area contributed by atoms with Gasteiger partial charge in [-0.1, -0.05) is 19.9 Å². The van der Waals surface area contributed by atoms with Crippen LogP contribution in [0.4, 0.5) is 10.5 Å². The molecule has 1 aromatic rings. The molecule has 0 saturated carbocycles. The molecule has 21 heavy (non-hydrogen) atoms. The van der Waals surface area contributed by atoms with Gasteiger partial charge in [0.25, 0.3) is 0 Å². The number of aliphatic hydroxyl groups excluding tert-OH is 1. The summed E-state index contributed by atoms with van der Waals surface area (Å²) < 4.78 is 10.4. The number of carbonyl (C=O) groups excluding carboxylic acids is 1. The summed E-state index contributed by atoms with van der Waals surface area (Å²) in [5, 5.41) is 12.3. The quantitative estimate of drug-likeness (QED) is 0.894. The van der Waals surface area contributed by atoms with Gasteiger partial charge in [0, 0.05) is 11.5 Å². The summed E-state index contributed by atoms with van der Waals surface area (Å²) in [7, 11) is 1.56. The second-order valence-corrected chi connectivity index (χ2v) is 6.58. The van der Waals surface area contributed by atoms with Crippen molar-refractivity contribution in [3.05, 3.63) is 23.8 Å². The van der Waals surface area contributed by atoms with E-state index in [0.29, 0.717) is 11.4 Å². The zero-order valence-electron chi connectivity index (χ0n) is 13.6. The van der Waals surface area contributed by atoms with Gasteiger partial charge in [-0.3, -0.25) is 5.32 Å². The fraction of sp³-hybridized carbons (Fsp3) is 0.562. The van der Waals surface area contributed by atoms with Gasteiger partial charge in [0.15, 0.2) is 0 Å². The van der Waals surface area contributed by atoms with Crippen LogP contribution in [-0.4, -0.2) is 30.5 Å². The number of benzene rings is 1. The Balaban J connectivity index is 3.11. The molecule has 0 aliphatic rings. The maximum Gasteiger partial charge on any atom is 0.412 e. The Kier molecular flexibility index (Phi) is 5.23. The summed E-state index contributed by atoms with van der Waals surface area (Å²) in [5.74, 6) is 0.624. The first kappa shape index (κ1) is 17.3. The Bertz CT molecular complexity index is 503. The summed E-state index contributed by atoms with van der Waals surface area (Å²) in [6.07, 6.45) is -0.536. The number of hydrogen-bond acceptors (Lipinski definition) is 4. The van der Waals surface area contributed by atoms with E-state index < -0.39 is 17.1 Å². The normalized spacial score (nSPS) is 12.0. The van der Waals surface area contributed by atoms with Gasteiger partial charge < -0.3 is 14.6 Å². The minimum Gasteiger partial charge on any atom is -0.497 e. The number of amides is 1. The molecule has 0 heterocycles. The van der Waals surface area contributed by atoms with E-state index in [0.717, 1.165) is 5.56 Å². The average Bonchev–Trinajstić information content (AvgIpc) is 2.36. The van der Waals surface area contributed by atoms with Crippen LogP contribution < -0.4 is 10.1 Å². The van der Waals surface area contributed by atoms with Crippen molar-refractivity contribution in [1.82, 2.24) is 0 Å². The second kappa shape index (κ2) is 6.35. The first-order valence-corrected chi connectivity index (χ1v) is 6.88. The Morgan fingerprint density at radius 1 is 1.24 bits per heavy atom. The van der Waals surface area contributed by atoms with Gasteiger partial charge in [0.2, 0.25) is 0 Å². The summed E-state index contributed by atoms with van der Waals surface area (Å²) in [4.78, 5) is 12.0. The van der Waals surface area contributed by atoms with Gasteiger partial charge in [-0.2, -0.15) is 0 Å². The van der Waals surface area contributed by atoms with Crippen molar-refractivity contribution in [3.63, 3.8) is 0 Å². The fourth-order valence-electron chi connectivity index (χ4n) is 1.84. The molecule has 5 heteroatoms. The van der Waals surface area contributed by atoms with Crippen molar-refractivity contribution in [3.8, 4) is 5.75 Å². The molecule has 0 aliphatic heterocycles. The van der Waals surface area contributed by atoms with Crippen LogP contribution in [0, 0.1) is 0 Å². The van der Waals surface area contributed by atoms with Crippen LogP contribution in [0.3, 0.4) is 0 Å². The van der Waals surface area contributed by atoms with Gasteiger partial charge >= 0.3 is 6.09 Å². The molecule has 0 unspecified atom stereocenters. The van der Waals surface area contributed by atoms with E-state index in [1.165, 1.54) is 0 Å². The van der Waals surface area contributed by atoms with E-state index in [9.17, 15) is 9.90 Å². The zero-order chi connectivity index (χ0) is 16.3. The molecule has 118 valence electrons. The molecule has 5 nitrogen and oxygen atoms in total. The third-order valence-corrected chi connectivity index (χ3v) is 2.99. The van der Waals surface area contributed by atoms with Crippen molar-refractivity contribution in [1.29, 1.82) is 0 Å². The van der Waals surface area contributed by atoms with Gasteiger partial charge in [-0.05, 0) is 32.4 Å². The summed E-state index contributed by atoms with van der Waals surface area (Å²) in [5.41, 5.74) is 0.325. The monoisotopic (exact) mass is 295 g/mol. The highest BCUT2D eigenvalue weighted by Crippen LogP contribution is 2.33. The number of hydrogen-bond donors (Lipinski definition) is 2. The minimum absolute atomic E-state index is 0.0394. The molecule has 0 bridgehead atoms. The predicted octanol–water partition coefficient (Wildman–Crippen LogP) is 3.31. The van der Waals surface area contributed by atoms with E-state index >= 15 is 0 Å². The van der Waals surface area contributed by atoms with E-state index in [4.69, 9.17) is 9.47 Å². The van der Waals surface area contributed by atoms with Gasteiger partial charge in [0.1, 0.15) is 11.4 Å². The van der Waals surface area contributed by atoms with Gasteiger partial charge in [-0.25, -0.2) is 4.79 Å². The molecule has 0 fully saturated rings. The molecule has 0 atom stereocenters. The Hall–Kier alpha value is -1.75. The number of methoxy groups -OCH3 is 1. The standard InChI is InChI=1S/C16H25NO4/c1-15(2,3)21-14(19)17-13-9-11(20-6)7-8-12(13)16(4,5)10-18/h7-9,18H,10H2,1-6H3,(H,17,19). The smallest absolute Gasteiger partial charge is 0.412 e. The number of carbonyl (C=O) groups is 1. The molecule has 0 spiro atoms. The second-order valence-electron chi connectivity index (χ2n) is 6.58. The van der Waals surface area contributed by atoms with Crippen molar-refractivity contribution in [2.24, 2.45) is 0 Å². The Morgan fingerprint density at radius 3 is 2.33 bits per heavy atom. The van der Waals surface area contributed by atoms with E-state index in [1.807, 2.05) is 19.9 Å². The van der Waals surface area contributed by atoms with Crippen LogP contribution >= 0.6 is 0 Å².